The van der Waals surface area contributed by atoms with Crippen LogP contribution >= 0.6 is 61.7 Å². The second kappa shape index (κ2) is 5.79. The van der Waals surface area contributed by atoms with E-state index in [1.54, 1.807) is 6.20 Å². The number of hydrogen-bond donors (Lipinski definition) is 0. The van der Waals surface area contributed by atoms with Crippen molar-refractivity contribution >= 4 is 72.9 Å². The van der Waals surface area contributed by atoms with E-state index in [0.29, 0.717) is 5.02 Å². The van der Waals surface area contributed by atoms with E-state index in [9.17, 15) is 0 Å². The Labute approximate surface area is 147 Å². The molecule has 0 aliphatic heterocycles. The highest BCUT2D eigenvalue weighted by Gasteiger charge is 2.15. The quantitative estimate of drug-likeness (QED) is 0.372. The highest BCUT2D eigenvalue weighted by Crippen LogP contribution is 2.28. The smallest absolute Gasteiger partial charge is 0.164 e. The summed E-state index contributed by atoms with van der Waals surface area (Å²) in [5.41, 5.74) is 2.36. The highest BCUT2D eigenvalue weighted by molar-refractivity contribution is 14.1. The minimum atomic E-state index is 0.288. The van der Waals surface area contributed by atoms with Crippen LogP contribution in [0.25, 0.3) is 16.9 Å². The first-order chi connectivity index (χ1) is 9.60. The fraction of sp³-hybridized carbons (Fsp3) is 0.0769. The Balaban J connectivity index is 2.34. The molecular formula is C13H7BrCl2IN3. The van der Waals surface area contributed by atoms with Gasteiger partial charge in [0.15, 0.2) is 5.65 Å². The lowest BCUT2D eigenvalue weighted by Crippen LogP contribution is -2.01. The van der Waals surface area contributed by atoms with Crippen molar-refractivity contribution in [3.8, 4) is 5.69 Å². The second-order valence-corrected chi connectivity index (χ2v) is 6.92. The van der Waals surface area contributed by atoms with E-state index < -0.39 is 0 Å². The fourth-order valence-electron chi connectivity index (χ4n) is 1.99. The summed E-state index contributed by atoms with van der Waals surface area (Å²) in [4.78, 5) is 8.93. The third-order valence-electron chi connectivity index (χ3n) is 2.80. The Morgan fingerprint density at radius 1 is 1.30 bits per heavy atom. The maximum Gasteiger partial charge on any atom is 0.164 e. The minimum absolute atomic E-state index is 0.288. The fourth-order valence-corrected chi connectivity index (χ4v) is 3.43. The van der Waals surface area contributed by atoms with E-state index in [4.69, 9.17) is 23.2 Å². The largest absolute Gasteiger partial charge is 0.278 e. The van der Waals surface area contributed by atoms with Crippen molar-refractivity contribution in [3.63, 3.8) is 0 Å². The average molecular weight is 483 g/mol. The Morgan fingerprint density at radius 3 is 2.80 bits per heavy atom. The first-order valence-corrected chi connectivity index (χ1v) is 8.43. The van der Waals surface area contributed by atoms with E-state index in [2.05, 4.69) is 48.5 Å². The summed E-state index contributed by atoms with van der Waals surface area (Å²) in [5.74, 6) is 1.01. The van der Waals surface area contributed by atoms with Crippen LogP contribution in [0.5, 0.6) is 0 Å². The Kier molecular flexibility index (Phi) is 4.21. The molecule has 3 nitrogen and oxygen atoms in total. The van der Waals surface area contributed by atoms with Gasteiger partial charge in [-0.15, -0.1) is 11.6 Å². The number of halogens is 4. The van der Waals surface area contributed by atoms with Gasteiger partial charge in [0.25, 0.3) is 0 Å². The van der Waals surface area contributed by atoms with Crippen molar-refractivity contribution in [3.05, 3.63) is 49.4 Å². The van der Waals surface area contributed by atoms with Crippen LogP contribution < -0.4 is 0 Å². The van der Waals surface area contributed by atoms with Crippen LogP contribution in [-0.4, -0.2) is 14.5 Å². The lowest BCUT2D eigenvalue weighted by atomic mass is 10.3. The molecule has 20 heavy (non-hydrogen) atoms. The summed E-state index contributed by atoms with van der Waals surface area (Å²) in [6.45, 7) is 0. The number of imidazole rings is 1. The molecule has 3 rings (SSSR count). The molecule has 0 amide bonds. The van der Waals surface area contributed by atoms with Gasteiger partial charge in [-0.05, 0) is 62.8 Å². The summed E-state index contributed by atoms with van der Waals surface area (Å²) < 4.78 is 3.85. The summed E-state index contributed by atoms with van der Waals surface area (Å²) in [7, 11) is 0. The molecule has 2 aromatic heterocycles. The minimum Gasteiger partial charge on any atom is -0.278 e. The van der Waals surface area contributed by atoms with Gasteiger partial charge in [0.2, 0.25) is 0 Å². The zero-order chi connectivity index (χ0) is 14.3. The van der Waals surface area contributed by atoms with Gasteiger partial charge in [0.05, 0.1) is 16.6 Å². The number of rotatable bonds is 2. The third-order valence-corrected chi connectivity index (χ3v) is 4.45. The lowest BCUT2D eigenvalue weighted by Gasteiger charge is -2.09. The molecule has 0 atom stereocenters. The van der Waals surface area contributed by atoms with E-state index in [1.165, 1.54) is 0 Å². The predicted octanol–water partition coefficient (Wildman–Crippen LogP) is 5.18. The molecule has 0 fully saturated rings. The molecule has 7 heteroatoms. The molecule has 0 radical (unpaired) electrons. The number of nitrogens with zero attached hydrogens (tertiary/aromatic N) is 3. The topological polar surface area (TPSA) is 30.7 Å². The summed E-state index contributed by atoms with van der Waals surface area (Å²) >= 11 is 18.0. The van der Waals surface area contributed by atoms with Crippen LogP contribution in [0.2, 0.25) is 5.02 Å². The number of hydrogen-bond acceptors (Lipinski definition) is 2. The molecule has 0 unspecified atom stereocenters. The molecule has 0 aliphatic carbocycles. The number of aromatic nitrogens is 3. The van der Waals surface area contributed by atoms with Crippen LogP contribution in [0.4, 0.5) is 0 Å². The molecule has 2 heterocycles. The van der Waals surface area contributed by atoms with Gasteiger partial charge in [0, 0.05) is 14.2 Å². The molecule has 0 aliphatic rings. The van der Waals surface area contributed by atoms with Crippen LogP contribution in [0.15, 0.2) is 34.9 Å². The lowest BCUT2D eigenvalue weighted by molar-refractivity contribution is 0.969. The standard InChI is InChI=1S/C13H7BrCl2IN3/c14-7-3-10-13(18-6-7)20(12(5-15)19-10)11-2-1-8(17)4-9(11)16/h1-4,6H,5H2. The van der Waals surface area contributed by atoms with Crippen molar-refractivity contribution in [1.29, 1.82) is 0 Å². The molecular weight excluding hydrogens is 476 g/mol. The molecule has 1 aromatic carbocycles. The summed E-state index contributed by atoms with van der Waals surface area (Å²) in [5, 5.41) is 0.646. The van der Waals surface area contributed by atoms with Crippen LogP contribution in [0.3, 0.4) is 0 Å². The molecule has 0 N–H and O–H groups in total. The van der Waals surface area contributed by atoms with Gasteiger partial charge in [-0.1, -0.05) is 11.6 Å². The normalized spacial score (nSPS) is 11.2. The number of fused-ring (bicyclic) bond motifs is 1. The monoisotopic (exact) mass is 481 g/mol. The molecule has 0 bridgehead atoms. The van der Waals surface area contributed by atoms with Crippen LogP contribution in [-0.2, 0) is 5.88 Å². The summed E-state index contributed by atoms with van der Waals surface area (Å²) in [6, 6.07) is 7.76. The Hall–Kier alpha value is -0.370. The van der Waals surface area contributed by atoms with E-state index >= 15 is 0 Å². The molecule has 0 saturated carbocycles. The van der Waals surface area contributed by atoms with Crippen molar-refractivity contribution in [2.24, 2.45) is 0 Å². The maximum atomic E-state index is 6.35. The second-order valence-electron chi connectivity index (χ2n) is 4.09. The first-order valence-electron chi connectivity index (χ1n) is 5.64. The zero-order valence-corrected chi connectivity index (χ0v) is 15.2. The van der Waals surface area contributed by atoms with Gasteiger partial charge in [-0.25, -0.2) is 9.97 Å². The van der Waals surface area contributed by atoms with Crippen molar-refractivity contribution < 1.29 is 0 Å². The van der Waals surface area contributed by atoms with Crippen LogP contribution in [0, 0.1) is 3.57 Å². The molecule has 102 valence electrons. The van der Waals surface area contributed by atoms with Gasteiger partial charge < -0.3 is 0 Å². The van der Waals surface area contributed by atoms with Crippen molar-refractivity contribution in [2.75, 3.05) is 0 Å². The number of pyridine rings is 1. The van der Waals surface area contributed by atoms with Crippen molar-refractivity contribution in [2.45, 2.75) is 5.88 Å². The van der Waals surface area contributed by atoms with Crippen LogP contribution in [0.1, 0.15) is 5.82 Å². The van der Waals surface area contributed by atoms with E-state index in [1.807, 2.05) is 28.8 Å². The first kappa shape index (κ1) is 14.6. The summed E-state index contributed by atoms with van der Waals surface area (Å²) in [6.07, 6.45) is 1.74. The molecule has 3 aromatic rings. The number of alkyl halides is 1. The van der Waals surface area contributed by atoms with Gasteiger partial charge in [0.1, 0.15) is 11.3 Å². The average Bonchev–Trinajstić information content (AvgIpc) is 2.76. The van der Waals surface area contributed by atoms with Gasteiger partial charge >= 0.3 is 0 Å². The Morgan fingerprint density at radius 2 is 2.10 bits per heavy atom. The third kappa shape index (κ3) is 2.56. The van der Waals surface area contributed by atoms with Gasteiger partial charge in [-0.2, -0.15) is 0 Å². The van der Waals surface area contributed by atoms with E-state index in [-0.39, 0.29) is 5.88 Å². The maximum absolute atomic E-state index is 6.35. The predicted molar refractivity (Wildman–Crippen MR) is 93.8 cm³/mol. The van der Waals surface area contributed by atoms with E-state index in [0.717, 1.165) is 30.7 Å². The molecule has 0 spiro atoms. The SMILES string of the molecule is ClCc1nc2cc(Br)cnc2n1-c1ccc(I)cc1Cl. The van der Waals surface area contributed by atoms with Gasteiger partial charge in [-0.3, -0.25) is 4.57 Å². The Bertz CT molecular complexity index is 804. The zero-order valence-electron chi connectivity index (χ0n) is 9.95. The molecule has 0 saturated heterocycles. The highest BCUT2D eigenvalue weighted by atomic mass is 127. The van der Waals surface area contributed by atoms with Crippen molar-refractivity contribution in [1.82, 2.24) is 14.5 Å². The number of benzene rings is 1.